The van der Waals surface area contributed by atoms with Gasteiger partial charge in [0, 0.05) is 16.8 Å². The van der Waals surface area contributed by atoms with E-state index in [0.29, 0.717) is 11.4 Å². The maximum atomic E-state index is 11.6. The van der Waals surface area contributed by atoms with Crippen LogP contribution in [0.2, 0.25) is 0 Å². The highest BCUT2D eigenvalue weighted by atomic mass is 35.5. The number of fused-ring (bicyclic) bond motifs is 4. The van der Waals surface area contributed by atoms with E-state index in [0.717, 1.165) is 50.2 Å². The highest BCUT2D eigenvalue weighted by molar-refractivity contribution is 7.92. The third kappa shape index (κ3) is 4.37. The molecule has 0 saturated carbocycles. The molecule has 1 heterocycles. The van der Waals surface area contributed by atoms with Crippen molar-refractivity contribution in [3.05, 3.63) is 78.9 Å². The van der Waals surface area contributed by atoms with Crippen LogP contribution in [0.5, 0.6) is 5.75 Å². The Kier molecular flexibility index (Phi) is 6.01. The molecule has 0 unspecified atom stereocenters. The number of sulfonamides is 1. The van der Waals surface area contributed by atoms with Gasteiger partial charge in [0.1, 0.15) is 5.75 Å². The number of halogens is 1. The number of hydrogen-bond donors (Lipinski definition) is 2. The minimum Gasteiger partial charge on any atom is -0.494 e. The third-order valence-electron chi connectivity index (χ3n) is 5.34. The Labute approximate surface area is 198 Å². The van der Waals surface area contributed by atoms with Gasteiger partial charge in [-0.2, -0.15) is 0 Å². The Balaban J connectivity index is 0.00000259. The third-order valence-corrected chi connectivity index (χ3v) is 5.94. The van der Waals surface area contributed by atoms with Gasteiger partial charge in [-0.15, -0.1) is 12.4 Å². The van der Waals surface area contributed by atoms with Gasteiger partial charge < -0.3 is 10.1 Å². The quantitative estimate of drug-likeness (QED) is 0.235. The number of aromatic nitrogens is 1. The van der Waals surface area contributed by atoms with Crippen LogP contribution in [0.15, 0.2) is 78.9 Å². The van der Waals surface area contributed by atoms with Gasteiger partial charge in [0.25, 0.3) is 0 Å². The van der Waals surface area contributed by atoms with E-state index in [1.165, 1.54) is 0 Å². The second-order valence-electron chi connectivity index (χ2n) is 7.60. The number of methoxy groups -OCH3 is 1. The number of anilines is 3. The zero-order valence-corrected chi connectivity index (χ0v) is 19.6. The molecule has 1 aromatic heterocycles. The molecule has 0 amide bonds. The lowest BCUT2D eigenvalue weighted by Crippen LogP contribution is -2.09. The zero-order chi connectivity index (χ0) is 22.3. The largest absolute Gasteiger partial charge is 0.494 e. The molecule has 2 N–H and O–H groups in total. The first-order chi connectivity index (χ1) is 15.4. The highest BCUT2D eigenvalue weighted by Crippen LogP contribution is 2.39. The first kappa shape index (κ1) is 22.6. The van der Waals surface area contributed by atoms with Gasteiger partial charge >= 0.3 is 0 Å². The molecular formula is C25H22ClN3O3S. The number of nitrogens with one attached hydrogen (secondary N) is 2. The van der Waals surface area contributed by atoms with Crippen LogP contribution in [0.3, 0.4) is 0 Å². The lowest BCUT2D eigenvalue weighted by atomic mass is 10.0. The fourth-order valence-corrected chi connectivity index (χ4v) is 4.55. The van der Waals surface area contributed by atoms with Gasteiger partial charge in [0.2, 0.25) is 10.0 Å². The van der Waals surface area contributed by atoms with Crippen molar-refractivity contribution in [2.75, 3.05) is 23.4 Å². The summed E-state index contributed by atoms with van der Waals surface area (Å²) in [5, 5.41) is 7.77. The number of hydrogen-bond acceptors (Lipinski definition) is 5. The summed E-state index contributed by atoms with van der Waals surface area (Å²) in [5.41, 5.74) is 3.85. The molecule has 0 spiro atoms. The average molecular weight is 480 g/mol. The molecule has 6 nitrogen and oxygen atoms in total. The van der Waals surface area contributed by atoms with E-state index in [9.17, 15) is 8.42 Å². The smallest absolute Gasteiger partial charge is 0.229 e. The van der Waals surface area contributed by atoms with E-state index < -0.39 is 10.0 Å². The average Bonchev–Trinajstić information content (AvgIpc) is 2.78. The van der Waals surface area contributed by atoms with Crippen LogP contribution in [-0.4, -0.2) is 26.8 Å². The summed E-state index contributed by atoms with van der Waals surface area (Å²) in [5.74, 6) is 0.521. The van der Waals surface area contributed by atoms with Crippen LogP contribution < -0.4 is 14.8 Å². The molecule has 0 fully saturated rings. The minimum atomic E-state index is -3.39. The molecule has 0 saturated heterocycles. The van der Waals surface area contributed by atoms with Crippen molar-refractivity contribution in [1.82, 2.24) is 4.98 Å². The zero-order valence-electron chi connectivity index (χ0n) is 18.0. The van der Waals surface area contributed by atoms with E-state index in [1.54, 1.807) is 25.3 Å². The van der Waals surface area contributed by atoms with Crippen LogP contribution in [0.1, 0.15) is 0 Å². The lowest BCUT2D eigenvalue weighted by molar-refractivity contribution is 0.417. The van der Waals surface area contributed by atoms with E-state index in [4.69, 9.17) is 9.72 Å². The molecule has 0 bridgehead atoms. The lowest BCUT2D eigenvalue weighted by Gasteiger charge is -2.17. The highest BCUT2D eigenvalue weighted by Gasteiger charge is 2.15. The summed E-state index contributed by atoms with van der Waals surface area (Å²) in [4.78, 5) is 4.88. The van der Waals surface area contributed by atoms with Crippen molar-refractivity contribution in [1.29, 1.82) is 0 Å². The molecule has 4 aromatic carbocycles. The van der Waals surface area contributed by atoms with Gasteiger partial charge in [0.15, 0.2) is 0 Å². The number of rotatable bonds is 5. The second-order valence-corrected chi connectivity index (χ2v) is 9.35. The maximum Gasteiger partial charge on any atom is 0.229 e. The summed E-state index contributed by atoms with van der Waals surface area (Å²) in [6.45, 7) is 0. The molecule has 8 heteroatoms. The molecule has 0 aliphatic heterocycles. The van der Waals surface area contributed by atoms with Crippen LogP contribution in [0, 0.1) is 0 Å². The van der Waals surface area contributed by atoms with Gasteiger partial charge in [-0.25, -0.2) is 13.4 Å². The minimum absolute atomic E-state index is 0. The van der Waals surface area contributed by atoms with Crippen LogP contribution >= 0.6 is 12.4 Å². The summed E-state index contributed by atoms with van der Waals surface area (Å²) < 4.78 is 31.3. The van der Waals surface area contributed by atoms with E-state index in [1.807, 2.05) is 42.5 Å². The summed E-state index contributed by atoms with van der Waals surface area (Å²) in [7, 11) is -1.83. The van der Waals surface area contributed by atoms with Crippen LogP contribution in [0.25, 0.3) is 32.6 Å². The molecule has 0 aliphatic rings. The molecule has 33 heavy (non-hydrogen) atoms. The standard InChI is InChI=1S/C25H21N3O3S.ClH/c1-31-23-15-17(28-32(2,29)30)12-14-21(23)27-25-19-9-5-6-10-20(19)26-22-13-11-16-7-3-4-8-18(16)24(22)25;/h3-15,28H,1-2H3,(H,26,27);1H. The number of ether oxygens (including phenoxy) is 1. The number of para-hydroxylation sites is 1. The number of benzene rings is 4. The predicted octanol–water partition coefficient (Wildman–Crippen LogP) is 6.09. The van der Waals surface area contributed by atoms with Crippen molar-refractivity contribution in [2.24, 2.45) is 0 Å². The molecule has 5 aromatic rings. The van der Waals surface area contributed by atoms with Crippen molar-refractivity contribution >= 4 is 72.1 Å². The van der Waals surface area contributed by atoms with Gasteiger partial charge in [-0.3, -0.25) is 4.72 Å². The fraction of sp³-hybridized carbons (Fsp3) is 0.0800. The van der Waals surface area contributed by atoms with Gasteiger partial charge in [-0.1, -0.05) is 48.5 Å². The Hall–Kier alpha value is -3.55. The van der Waals surface area contributed by atoms with Crippen molar-refractivity contribution in [2.45, 2.75) is 0 Å². The first-order valence-corrected chi connectivity index (χ1v) is 12.0. The first-order valence-electron chi connectivity index (χ1n) is 10.1. The molecule has 0 atom stereocenters. The maximum absolute atomic E-state index is 11.6. The molecule has 5 rings (SSSR count). The topological polar surface area (TPSA) is 80.3 Å². The second kappa shape index (κ2) is 8.77. The van der Waals surface area contributed by atoms with Gasteiger partial charge in [-0.05, 0) is 35.0 Å². The predicted molar refractivity (Wildman–Crippen MR) is 139 cm³/mol. The van der Waals surface area contributed by atoms with E-state index in [-0.39, 0.29) is 12.4 Å². The van der Waals surface area contributed by atoms with Crippen molar-refractivity contribution in [3.8, 4) is 5.75 Å². The summed E-state index contributed by atoms with van der Waals surface area (Å²) >= 11 is 0. The van der Waals surface area contributed by atoms with Gasteiger partial charge in [0.05, 0.1) is 41.5 Å². The number of pyridine rings is 1. The Morgan fingerprint density at radius 1 is 0.848 bits per heavy atom. The van der Waals surface area contributed by atoms with E-state index in [2.05, 4.69) is 28.2 Å². The monoisotopic (exact) mass is 479 g/mol. The Bertz CT molecular complexity index is 1600. The van der Waals surface area contributed by atoms with E-state index >= 15 is 0 Å². The normalized spacial score (nSPS) is 11.3. The SMILES string of the molecule is COc1cc(NS(C)(=O)=O)ccc1Nc1c2ccccc2nc2ccc3ccccc3c12.Cl. The van der Waals surface area contributed by atoms with Crippen molar-refractivity contribution < 1.29 is 13.2 Å². The Morgan fingerprint density at radius 3 is 2.33 bits per heavy atom. The molecule has 168 valence electrons. The molecule has 0 aliphatic carbocycles. The summed E-state index contributed by atoms with van der Waals surface area (Å²) in [6.07, 6.45) is 1.12. The van der Waals surface area contributed by atoms with Crippen molar-refractivity contribution in [3.63, 3.8) is 0 Å². The molecule has 0 radical (unpaired) electrons. The number of nitrogens with zero attached hydrogens (tertiary/aromatic N) is 1. The summed E-state index contributed by atoms with van der Waals surface area (Å²) in [6, 6.07) is 25.5. The van der Waals surface area contributed by atoms with Crippen LogP contribution in [-0.2, 0) is 10.0 Å². The van der Waals surface area contributed by atoms with Crippen LogP contribution in [0.4, 0.5) is 17.1 Å². The fourth-order valence-electron chi connectivity index (χ4n) is 4.00. The molecular weight excluding hydrogens is 458 g/mol. The Morgan fingerprint density at radius 2 is 1.58 bits per heavy atom.